The number of carbonyl (C=O) groups excluding carboxylic acids is 1. The number of aliphatic hydroxyl groups is 2. The van der Waals surface area contributed by atoms with Crippen LogP contribution in [0.1, 0.15) is 69.4 Å². The Kier molecular flexibility index (Phi) is 9.42. The zero-order valence-electron chi connectivity index (χ0n) is 16.0. The van der Waals surface area contributed by atoms with Crippen LogP contribution in [-0.4, -0.2) is 28.3 Å². The minimum atomic E-state index is -4.72. The van der Waals surface area contributed by atoms with Crippen LogP contribution in [0.3, 0.4) is 0 Å². The van der Waals surface area contributed by atoms with Crippen molar-refractivity contribution >= 4 is 11.6 Å². The van der Waals surface area contributed by atoms with Crippen molar-refractivity contribution in [1.29, 1.82) is 5.26 Å². The molecule has 1 aromatic carbocycles. The fourth-order valence-corrected chi connectivity index (χ4v) is 2.80. The molecule has 156 valence electrons. The van der Waals surface area contributed by atoms with E-state index in [2.05, 4.69) is 5.32 Å². The Labute approximate surface area is 163 Å². The minimum Gasteiger partial charge on any atom is -0.396 e. The van der Waals surface area contributed by atoms with Gasteiger partial charge in [-0.3, -0.25) is 4.79 Å². The zero-order valence-corrected chi connectivity index (χ0v) is 16.0. The minimum absolute atomic E-state index is 0.125. The highest BCUT2D eigenvalue weighted by atomic mass is 19.4. The first-order chi connectivity index (χ1) is 13.1. The summed E-state index contributed by atoms with van der Waals surface area (Å²) in [5, 5.41) is 30.1. The molecule has 0 heterocycles. The van der Waals surface area contributed by atoms with E-state index in [0.717, 1.165) is 44.6 Å². The predicted octanol–water partition coefficient (Wildman–Crippen LogP) is 4.38. The average molecular weight is 400 g/mol. The van der Waals surface area contributed by atoms with Crippen LogP contribution in [0.2, 0.25) is 0 Å². The number of hydrogen-bond donors (Lipinski definition) is 3. The second kappa shape index (κ2) is 11.0. The van der Waals surface area contributed by atoms with Gasteiger partial charge >= 0.3 is 6.18 Å². The van der Waals surface area contributed by atoms with E-state index < -0.39 is 28.8 Å². The SMILES string of the molecule is CC(O)(CCCCCCCCCO)C(=O)Nc1ccc(C#N)c(C(F)(F)F)c1. The van der Waals surface area contributed by atoms with Gasteiger partial charge in [0.1, 0.15) is 5.60 Å². The van der Waals surface area contributed by atoms with Gasteiger partial charge in [-0.1, -0.05) is 38.5 Å². The first-order valence-electron chi connectivity index (χ1n) is 9.38. The van der Waals surface area contributed by atoms with Gasteiger partial charge in [-0.05, 0) is 38.0 Å². The molecule has 3 N–H and O–H groups in total. The van der Waals surface area contributed by atoms with E-state index in [9.17, 15) is 23.1 Å². The standard InChI is InChI=1S/C20H27F3N2O3/c1-19(28,11-7-5-3-2-4-6-8-12-26)18(27)25-16-10-9-15(14-24)17(13-16)20(21,22)23/h9-10,13,26,28H,2-8,11-12H2,1H3,(H,25,27). The molecule has 28 heavy (non-hydrogen) atoms. The largest absolute Gasteiger partial charge is 0.417 e. The smallest absolute Gasteiger partial charge is 0.396 e. The number of anilines is 1. The molecule has 0 spiro atoms. The van der Waals surface area contributed by atoms with Crippen molar-refractivity contribution in [3.05, 3.63) is 29.3 Å². The number of nitrogens with zero attached hydrogens (tertiary/aromatic N) is 1. The topological polar surface area (TPSA) is 93.3 Å². The lowest BCUT2D eigenvalue weighted by Crippen LogP contribution is -2.40. The molecule has 0 aliphatic rings. The molecule has 1 aromatic rings. The molecule has 0 saturated carbocycles. The van der Waals surface area contributed by atoms with Crippen LogP contribution in [0.4, 0.5) is 18.9 Å². The van der Waals surface area contributed by atoms with Crippen molar-refractivity contribution in [2.24, 2.45) is 0 Å². The molecule has 0 bridgehead atoms. The van der Waals surface area contributed by atoms with Gasteiger partial charge in [0.25, 0.3) is 5.91 Å². The van der Waals surface area contributed by atoms with E-state index in [4.69, 9.17) is 10.4 Å². The molecule has 0 saturated heterocycles. The van der Waals surface area contributed by atoms with Crippen LogP contribution in [0, 0.1) is 11.3 Å². The molecule has 1 rings (SSSR count). The van der Waals surface area contributed by atoms with Crippen LogP contribution < -0.4 is 5.32 Å². The van der Waals surface area contributed by atoms with Gasteiger partial charge in [-0.25, -0.2) is 0 Å². The van der Waals surface area contributed by atoms with E-state index in [0.29, 0.717) is 12.5 Å². The number of nitriles is 1. The molecular weight excluding hydrogens is 373 g/mol. The summed E-state index contributed by atoms with van der Waals surface area (Å²) in [6.45, 7) is 1.53. The number of aliphatic hydroxyl groups excluding tert-OH is 1. The summed E-state index contributed by atoms with van der Waals surface area (Å²) in [4.78, 5) is 12.3. The van der Waals surface area contributed by atoms with E-state index in [-0.39, 0.29) is 18.7 Å². The number of alkyl halides is 3. The summed E-state index contributed by atoms with van der Waals surface area (Å²) in [6, 6.07) is 4.36. The second-order valence-corrected chi connectivity index (χ2v) is 7.05. The number of unbranched alkanes of at least 4 members (excludes halogenated alkanes) is 6. The van der Waals surface area contributed by atoms with Crippen LogP contribution in [0.15, 0.2) is 18.2 Å². The fraction of sp³-hybridized carbons (Fsp3) is 0.600. The zero-order chi connectivity index (χ0) is 21.2. The van der Waals surface area contributed by atoms with Crippen LogP contribution in [-0.2, 0) is 11.0 Å². The van der Waals surface area contributed by atoms with Gasteiger partial charge in [0, 0.05) is 12.3 Å². The normalized spacial score (nSPS) is 13.6. The highest BCUT2D eigenvalue weighted by Gasteiger charge is 2.35. The second-order valence-electron chi connectivity index (χ2n) is 7.05. The van der Waals surface area contributed by atoms with Gasteiger partial charge in [-0.15, -0.1) is 0 Å². The fourth-order valence-electron chi connectivity index (χ4n) is 2.80. The number of hydrogen-bond acceptors (Lipinski definition) is 4. The Morgan fingerprint density at radius 1 is 1.11 bits per heavy atom. The van der Waals surface area contributed by atoms with Crippen LogP contribution in [0.25, 0.3) is 0 Å². The van der Waals surface area contributed by atoms with Crippen molar-refractivity contribution in [3.8, 4) is 6.07 Å². The van der Waals surface area contributed by atoms with E-state index in [1.165, 1.54) is 19.1 Å². The monoisotopic (exact) mass is 400 g/mol. The Hall–Kier alpha value is -2.11. The van der Waals surface area contributed by atoms with Crippen molar-refractivity contribution in [2.45, 2.75) is 70.1 Å². The Morgan fingerprint density at radius 2 is 1.68 bits per heavy atom. The Morgan fingerprint density at radius 3 is 2.21 bits per heavy atom. The third-order valence-corrected chi connectivity index (χ3v) is 4.51. The Balaban J connectivity index is 2.56. The molecule has 0 radical (unpaired) electrons. The van der Waals surface area contributed by atoms with Crippen molar-refractivity contribution in [2.75, 3.05) is 11.9 Å². The summed E-state index contributed by atoms with van der Waals surface area (Å²) < 4.78 is 39.0. The van der Waals surface area contributed by atoms with Crippen molar-refractivity contribution in [1.82, 2.24) is 0 Å². The lowest BCUT2D eigenvalue weighted by Gasteiger charge is -2.22. The third kappa shape index (κ3) is 7.87. The molecule has 0 fully saturated rings. The lowest BCUT2D eigenvalue weighted by atomic mass is 9.96. The molecule has 0 aliphatic heterocycles. The summed E-state index contributed by atoms with van der Waals surface area (Å²) >= 11 is 0. The molecule has 1 atom stereocenters. The van der Waals surface area contributed by atoms with E-state index in [1.54, 1.807) is 0 Å². The maximum Gasteiger partial charge on any atom is 0.417 e. The Bertz CT molecular complexity index is 682. The van der Waals surface area contributed by atoms with Crippen molar-refractivity contribution < 1.29 is 28.2 Å². The lowest BCUT2D eigenvalue weighted by molar-refractivity contribution is -0.138. The van der Waals surface area contributed by atoms with Gasteiger partial charge in [-0.2, -0.15) is 18.4 Å². The van der Waals surface area contributed by atoms with Crippen LogP contribution in [0.5, 0.6) is 0 Å². The third-order valence-electron chi connectivity index (χ3n) is 4.51. The van der Waals surface area contributed by atoms with E-state index >= 15 is 0 Å². The predicted molar refractivity (Wildman–Crippen MR) is 99.4 cm³/mol. The van der Waals surface area contributed by atoms with Gasteiger partial charge in [0.2, 0.25) is 0 Å². The number of carbonyl (C=O) groups is 1. The number of nitrogens with one attached hydrogen (secondary N) is 1. The van der Waals surface area contributed by atoms with Gasteiger partial charge < -0.3 is 15.5 Å². The summed E-state index contributed by atoms with van der Waals surface area (Å²) in [6.07, 6.45) is 1.68. The summed E-state index contributed by atoms with van der Waals surface area (Å²) in [5.74, 6) is -0.784. The first-order valence-corrected chi connectivity index (χ1v) is 9.38. The van der Waals surface area contributed by atoms with Gasteiger partial charge in [0.15, 0.2) is 0 Å². The molecule has 8 heteroatoms. The molecule has 5 nitrogen and oxygen atoms in total. The van der Waals surface area contributed by atoms with Crippen molar-refractivity contribution in [3.63, 3.8) is 0 Å². The quantitative estimate of drug-likeness (QED) is 0.481. The maximum absolute atomic E-state index is 13.0. The van der Waals surface area contributed by atoms with E-state index in [1.807, 2.05) is 0 Å². The first kappa shape index (κ1) is 23.9. The molecule has 1 amide bonds. The summed E-state index contributed by atoms with van der Waals surface area (Å²) in [7, 11) is 0. The molecule has 1 unspecified atom stereocenters. The van der Waals surface area contributed by atoms with Crippen LogP contribution >= 0.6 is 0 Å². The number of halogens is 3. The highest BCUT2D eigenvalue weighted by Crippen LogP contribution is 2.33. The molecule has 0 aliphatic carbocycles. The molecular formula is C20H27F3N2O3. The number of amides is 1. The number of benzene rings is 1. The average Bonchev–Trinajstić information content (AvgIpc) is 2.63. The number of rotatable bonds is 11. The highest BCUT2D eigenvalue weighted by molar-refractivity contribution is 5.96. The summed E-state index contributed by atoms with van der Waals surface area (Å²) in [5.41, 5.74) is -3.49. The molecule has 0 aromatic heterocycles. The van der Waals surface area contributed by atoms with Gasteiger partial charge in [0.05, 0.1) is 17.2 Å². The maximum atomic E-state index is 13.0.